The molecule has 0 saturated heterocycles. The van der Waals surface area contributed by atoms with Crippen molar-refractivity contribution in [1.29, 1.82) is 0 Å². The minimum absolute atomic E-state index is 0.0322. The lowest BCUT2D eigenvalue weighted by atomic mass is 9.65. The van der Waals surface area contributed by atoms with E-state index in [1.54, 1.807) is 14.2 Å². The summed E-state index contributed by atoms with van der Waals surface area (Å²) in [5.41, 5.74) is 9.28. The molecule has 5 heteroatoms. The van der Waals surface area contributed by atoms with Gasteiger partial charge in [-0.05, 0) is 67.1 Å². The number of carbonyl (C=O) groups is 1. The Morgan fingerprint density at radius 1 is 0.379 bits per heavy atom. The Morgan fingerprint density at radius 2 is 0.727 bits per heavy atom. The van der Waals surface area contributed by atoms with E-state index in [9.17, 15) is 0 Å². The molecule has 0 fully saturated rings. The second-order valence-electron chi connectivity index (χ2n) is 16.6. The average Bonchev–Trinajstić information content (AvgIpc) is 3.39. The number of carbonyl (C=O) groups excluding carboxylic acids is 1. The van der Waals surface area contributed by atoms with Crippen LogP contribution in [0.1, 0.15) is 57.1 Å². The Morgan fingerprint density at radius 3 is 1.12 bits per heavy atom. The third-order valence-electron chi connectivity index (χ3n) is 12.9. The molecule has 0 aliphatic rings. The van der Waals surface area contributed by atoms with Crippen molar-refractivity contribution < 1.29 is 14.3 Å². The maximum absolute atomic E-state index is 17.5. The molecule has 0 bridgehead atoms. The fraction of sp³-hybridized carbons (Fsp3) is 0.0984. The number of aromatic nitrogens is 2. The fourth-order valence-electron chi connectivity index (χ4n) is 9.96. The number of ether oxygens (including phenoxy) is 2. The standard InChI is InChI=1S/C61H48N2O3/c1-65-60-53(37-47(39-62-60)41-21-7-3-8-22-41)55(45-27-11-5-12-28-45)57(51-35-19-31-43-25-15-17-33-49(43)51)59(64)58(52-36-20-32-44-26-16-18-34-50(44)52)56(46-29-13-6-14-30-46)54-38-48(40-63-61(54)66-2)42-23-9-4-10-24-42/h3-40,55-58H,1-2H3. The van der Waals surface area contributed by atoms with Crippen molar-refractivity contribution in [3.8, 4) is 34.0 Å². The minimum Gasteiger partial charge on any atom is -0.481 e. The summed E-state index contributed by atoms with van der Waals surface area (Å²) < 4.78 is 12.4. The van der Waals surface area contributed by atoms with Crippen LogP contribution in [0.3, 0.4) is 0 Å². The largest absolute Gasteiger partial charge is 0.481 e. The first kappa shape index (κ1) is 41.8. The van der Waals surface area contributed by atoms with Crippen molar-refractivity contribution in [3.63, 3.8) is 0 Å². The van der Waals surface area contributed by atoms with Gasteiger partial charge >= 0.3 is 0 Å². The summed E-state index contributed by atoms with van der Waals surface area (Å²) in [7, 11) is 3.32. The molecule has 10 aromatic rings. The summed E-state index contributed by atoms with van der Waals surface area (Å²) >= 11 is 0. The summed E-state index contributed by atoms with van der Waals surface area (Å²) in [6, 6.07) is 75.0. The van der Waals surface area contributed by atoms with Crippen LogP contribution in [0.15, 0.2) is 231 Å². The molecule has 0 aliphatic heterocycles. The van der Waals surface area contributed by atoms with Crippen LogP contribution in [-0.2, 0) is 4.79 Å². The number of fused-ring (bicyclic) bond motifs is 2. The normalized spacial score (nSPS) is 13.1. The quantitative estimate of drug-likeness (QED) is 0.109. The van der Waals surface area contributed by atoms with Gasteiger partial charge in [0, 0.05) is 46.5 Å². The van der Waals surface area contributed by atoms with Crippen molar-refractivity contribution in [2.75, 3.05) is 14.2 Å². The van der Waals surface area contributed by atoms with Crippen LogP contribution in [0, 0.1) is 0 Å². The maximum atomic E-state index is 17.5. The van der Waals surface area contributed by atoms with Gasteiger partial charge in [0.15, 0.2) is 0 Å². The van der Waals surface area contributed by atoms with E-state index in [0.29, 0.717) is 11.8 Å². The first-order valence-corrected chi connectivity index (χ1v) is 22.4. The van der Waals surface area contributed by atoms with Crippen molar-refractivity contribution in [1.82, 2.24) is 9.97 Å². The molecule has 0 saturated carbocycles. The zero-order chi connectivity index (χ0) is 44.8. The molecule has 0 amide bonds. The van der Waals surface area contributed by atoms with Crippen LogP contribution < -0.4 is 9.47 Å². The third kappa shape index (κ3) is 8.12. The maximum Gasteiger partial charge on any atom is 0.216 e. The van der Waals surface area contributed by atoms with E-state index in [-0.39, 0.29) is 5.78 Å². The highest BCUT2D eigenvalue weighted by Gasteiger charge is 2.44. The molecule has 4 atom stereocenters. The molecule has 0 N–H and O–H groups in total. The number of rotatable bonds is 14. The van der Waals surface area contributed by atoms with Gasteiger partial charge in [0.05, 0.1) is 26.1 Å². The van der Waals surface area contributed by atoms with E-state index in [0.717, 1.165) is 77.2 Å². The van der Waals surface area contributed by atoms with Crippen LogP contribution in [0.4, 0.5) is 0 Å². The molecular weight excluding hydrogens is 809 g/mol. The lowest BCUT2D eigenvalue weighted by Gasteiger charge is -2.36. The molecule has 66 heavy (non-hydrogen) atoms. The number of benzene rings is 8. The van der Waals surface area contributed by atoms with Gasteiger partial charge < -0.3 is 9.47 Å². The molecule has 4 unspecified atom stereocenters. The minimum atomic E-state index is -0.772. The highest BCUT2D eigenvalue weighted by atomic mass is 16.5. The number of Topliss-reactive ketones (excluding diaryl/α,β-unsaturated/α-hetero) is 1. The van der Waals surface area contributed by atoms with Crippen molar-refractivity contribution >= 4 is 27.3 Å². The number of hydrogen-bond donors (Lipinski definition) is 0. The number of hydrogen-bond acceptors (Lipinski definition) is 5. The van der Waals surface area contributed by atoms with Gasteiger partial charge in [0.25, 0.3) is 0 Å². The molecule has 320 valence electrons. The summed E-state index contributed by atoms with van der Waals surface area (Å²) in [5, 5.41) is 4.10. The zero-order valence-corrected chi connectivity index (χ0v) is 36.9. The van der Waals surface area contributed by atoms with Crippen molar-refractivity contribution in [3.05, 3.63) is 264 Å². The Labute approximate surface area is 386 Å². The van der Waals surface area contributed by atoms with Crippen LogP contribution in [0.2, 0.25) is 0 Å². The molecule has 10 rings (SSSR count). The van der Waals surface area contributed by atoms with Gasteiger partial charge in [-0.1, -0.05) is 206 Å². The lowest BCUT2D eigenvalue weighted by Crippen LogP contribution is -2.31. The van der Waals surface area contributed by atoms with Crippen LogP contribution >= 0.6 is 0 Å². The molecule has 5 nitrogen and oxygen atoms in total. The summed E-state index contributed by atoms with van der Waals surface area (Å²) in [5.74, 6) is -1.70. The topological polar surface area (TPSA) is 61.3 Å². The van der Waals surface area contributed by atoms with E-state index in [4.69, 9.17) is 19.4 Å². The summed E-state index contributed by atoms with van der Waals surface area (Å²) in [4.78, 5) is 27.5. The monoisotopic (exact) mass is 856 g/mol. The summed E-state index contributed by atoms with van der Waals surface area (Å²) in [6.07, 6.45) is 3.72. The van der Waals surface area contributed by atoms with E-state index in [1.807, 2.05) is 60.9 Å². The fourth-order valence-corrected chi connectivity index (χ4v) is 9.96. The SMILES string of the molecule is COc1ncc(-c2ccccc2)cc1C(c1ccccc1)C(C(=O)C(c1cccc2ccccc12)C(c1ccccc1)c1cc(-c2ccccc2)cnc1OC)c1cccc2ccccc12. The molecule has 0 spiro atoms. The van der Waals surface area contributed by atoms with Gasteiger partial charge in [0.2, 0.25) is 11.8 Å². The van der Waals surface area contributed by atoms with Crippen LogP contribution in [-0.4, -0.2) is 30.0 Å². The molecule has 8 aromatic carbocycles. The Bertz CT molecular complexity index is 3040. The lowest BCUT2D eigenvalue weighted by molar-refractivity contribution is -0.122. The second kappa shape index (κ2) is 18.9. The number of ketones is 1. The molecule has 2 heterocycles. The van der Waals surface area contributed by atoms with Crippen LogP contribution in [0.25, 0.3) is 43.8 Å². The number of nitrogens with zero attached hydrogens (tertiary/aromatic N) is 2. The van der Waals surface area contributed by atoms with E-state index < -0.39 is 23.7 Å². The van der Waals surface area contributed by atoms with Crippen molar-refractivity contribution in [2.45, 2.75) is 23.7 Å². The smallest absolute Gasteiger partial charge is 0.216 e. The van der Waals surface area contributed by atoms with Gasteiger partial charge in [-0.3, -0.25) is 4.79 Å². The predicted octanol–water partition coefficient (Wildman–Crippen LogP) is 14.2. The van der Waals surface area contributed by atoms with Gasteiger partial charge in [-0.15, -0.1) is 0 Å². The summed E-state index contributed by atoms with van der Waals surface area (Å²) in [6.45, 7) is 0. The van der Waals surface area contributed by atoms with Gasteiger partial charge in [-0.2, -0.15) is 0 Å². The first-order valence-electron chi connectivity index (χ1n) is 22.4. The van der Waals surface area contributed by atoms with E-state index >= 15 is 4.79 Å². The van der Waals surface area contributed by atoms with Gasteiger partial charge in [-0.25, -0.2) is 9.97 Å². The highest BCUT2D eigenvalue weighted by molar-refractivity contribution is 6.02. The van der Waals surface area contributed by atoms with Gasteiger partial charge in [0.1, 0.15) is 5.78 Å². The predicted molar refractivity (Wildman–Crippen MR) is 267 cm³/mol. The Balaban J connectivity index is 1.32. The highest BCUT2D eigenvalue weighted by Crippen LogP contribution is 2.52. The molecule has 0 radical (unpaired) electrons. The van der Waals surface area contributed by atoms with E-state index in [1.165, 1.54) is 0 Å². The van der Waals surface area contributed by atoms with Crippen LogP contribution in [0.5, 0.6) is 11.8 Å². The average molecular weight is 857 g/mol. The zero-order valence-electron chi connectivity index (χ0n) is 36.9. The third-order valence-corrected chi connectivity index (χ3v) is 12.9. The molecular formula is C61H48N2O3. The molecule has 0 aliphatic carbocycles. The number of methoxy groups -OCH3 is 2. The Kier molecular flexibility index (Phi) is 12.0. The Hall–Kier alpha value is -8.15. The number of pyridine rings is 2. The molecule has 2 aromatic heterocycles. The van der Waals surface area contributed by atoms with Crippen molar-refractivity contribution in [2.24, 2.45) is 0 Å². The second-order valence-corrected chi connectivity index (χ2v) is 16.6. The first-order chi connectivity index (χ1) is 32.6. The van der Waals surface area contributed by atoms with E-state index in [2.05, 4.69) is 170 Å².